The molecule has 1 aliphatic heterocycles. The average Bonchev–Trinajstić information content (AvgIpc) is 2.97. The molecule has 114 valence electrons. The highest BCUT2D eigenvalue weighted by molar-refractivity contribution is 7.12. The summed E-state index contributed by atoms with van der Waals surface area (Å²) in [6.07, 6.45) is 0.584. The van der Waals surface area contributed by atoms with Crippen LogP contribution in [0.2, 0.25) is 0 Å². The van der Waals surface area contributed by atoms with Gasteiger partial charge >= 0.3 is 5.97 Å². The van der Waals surface area contributed by atoms with E-state index in [4.69, 9.17) is 5.11 Å². The summed E-state index contributed by atoms with van der Waals surface area (Å²) in [4.78, 5) is 37.0. The lowest BCUT2D eigenvalue weighted by Gasteiger charge is -2.34. The Bertz CT molecular complexity index is 529. The van der Waals surface area contributed by atoms with Gasteiger partial charge < -0.3 is 15.3 Å². The van der Waals surface area contributed by atoms with Crippen LogP contribution in [0.15, 0.2) is 17.5 Å². The first-order valence-electron chi connectivity index (χ1n) is 6.79. The number of likely N-dealkylation sites (tertiary alicyclic amines) is 1. The summed E-state index contributed by atoms with van der Waals surface area (Å²) < 4.78 is 0. The van der Waals surface area contributed by atoms with Crippen LogP contribution in [-0.2, 0) is 9.59 Å². The molecule has 0 saturated carbocycles. The zero-order valence-corrected chi connectivity index (χ0v) is 12.6. The van der Waals surface area contributed by atoms with E-state index in [9.17, 15) is 14.4 Å². The number of thiophene rings is 1. The fraction of sp³-hybridized carbons (Fsp3) is 0.500. The van der Waals surface area contributed by atoms with Gasteiger partial charge in [-0.15, -0.1) is 11.3 Å². The third-order valence-corrected chi connectivity index (χ3v) is 4.38. The normalized spacial score (nSPS) is 21.9. The van der Waals surface area contributed by atoms with Crippen molar-refractivity contribution >= 4 is 29.1 Å². The van der Waals surface area contributed by atoms with Gasteiger partial charge in [0.05, 0.1) is 17.3 Å². The Labute approximate surface area is 126 Å². The Morgan fingerprint density at radius 1 is 1.43 bits per heavy atom. The number of hydrogen-bond acceptors (Lipinski definition) is 4. The van der Waals surface area contributed by atoms with Gasteiger partial charge in [0.2, 0.25) is 5.91 Å². The molecular weight excluding hydrogens is 292 g/mol. The van der Waals surface area contributed by atoms with Crippen molar-refractivity contribution in [2.45, 2.75) is 13.3 Å². The molecule has 0 aromatic carbocycles. The molecule has 1 fully saturated rings. The Kier molecular flexibility index (Phi) is 4.95. The number of amides is 2. The molecule has 1 aliphatic rings. The van der Waals surface area contributed by atoms with E-state index in [1.807, 2.05) is 6.92 Å². The fourth-order valence-corrected chi connectivity index (χ4v) is 3.14. The van der Waals surface area contributed by atoms with Crippen molar-refractivity contribution in [3.05, 3.63) is 22.4 Å². The van der Waals surface area contributed by atoms with Crippen molar-refractivity contribution in [2.24, 2.45) is 11.8 Å². The molecule has 2 amide bonds. The number of carbonyl (C=O) groups is 3. The van der Waals surface area contributed by atoms with Crippen LogP contribution in [0, 0.1) is 11.8 Å². The molecular formula is C14H18N2O4S. The Morgan fingerprint density at radius 3 is 2.81 bits per heavy atom. The molecule has 0 spiro atoms. The molecule has 2 heterocycles. The van der Waals surface area contributed by atoms with Crippen LogP contribution in [0.25, 0.3) is 0 Å². The van der Waals surface area contributed by atoms with Crippen molar-refractivity contribution in [1.29, 1.82) is 0 Å². The second-order valence-electron chi connectivity index (χ2n) is 5.33. The highest BCUT2D eigenvalue weighted by Gasteiger charge is 2.31. The number of carbonyl (C=O) groups excluding carboxylic acids is 2. The smallest absolute Gasteiger partial charge is 0.308 e. The third kappa shape index (κ3) is 4.04. The molecule has 1 aromatic rings. The van der Waals surface area contributed by atoms with Crippen LogP contribution >= 0.6 is 11.3 Å². The zero-order chi connectivity index (χ0) is 15.4. The number of carboxylic acids is 1. The largest absolute Gasteiger partial charge is 0.481 e. The predicted octanol–water partition coefficient (Wildman–Crippen LogP) is 1.05. The summed E-state index contributed by atoms with van der Waals surface area (Å²) in [5.41, 5.74) is 0. The average molecular weight is 310 g/mol. The number of nitrogens with zero attached hydrogens (tertiary/aromatic N) is 1. The molecule has 6 nitrogen and oxygen atoms in total. The van der Waals surface area contributed by atoms with E-state index in [1.54, 1.807) is 17.5 Å². The van der Waals surface area contributed by atoms with Gasteiger partial charge in [-0.1, -0.05) is 13.0 Å². The van der Waals surface area contributed by atoms with Crippen molar-refractivity contribution in [1.82, 2.24) is 10.2 Å². The first kappa shape index (κ1) is 15.5. The highest BCUT2D eigenvalue weighted by atomic mass is 32.1. The lowest BCUT2D eigenvalue weighted by molar-refractivity contribution is -0.146. The Hall–Kier alpha value is -1.89. The molecule has 1 saturated heterocycles. The number of rotatable bonds is 4. The van der Waals surface area contributed by atoms with Crippen LogP contribution in [0.4, 0.5) is 0 Å². The predicted molar refractivity (Wildman–Crippen MR) is 78.1 cm³/mol. The summed E-state index contributed by atoms with van der Waals surface area (Å²) in [7, 11) is 0. The van der Waals surface area contributed by atoms with Gasteiger partial charge in [0, 0.05) is 13.1 Å². The van der Waals surface area contributed by atoms with E-state index in [1.165, 1.54) is 16.2 Å². The van der Waals surface area contributed by atoms with E-state index < -0.39 is 11.9 Å². The van der Waals surface area contributed by atoms with Crippen LogP contribution < -0.4 is 5.32 Å². The van der Waals surface area contributed by atoms with Crippen molar-refractivity contribution in [3.8, 4) is 0 Å². The molecule has 2 N–H and O–H groups in total. The second-order valence-corrected chi connectivity index (χ2v) is 6.28. The van der Waals surface area contributed by atoms with E-state index >= 15 is 0 Å². The minimum atomic E-state index is -0.873. The molecule has 2 unspecified atom stereocenters. The molecule has 0 aliphatic carbocycles. The summed E-state index contributed by atoms with van der Waals surface area (Å²) in [6.45, 7) is 2.58. The molecule has 2 atom stereocenters. The summed E-state index contributed by atoms with van der Waals surface area (Å²) >= 11 is 1.31. The number of piperidine rings is 1. The maximum absolute atomic E-state index is 12.1. The minimum absolute atomic E-state index is 0.101. The first-order chi connectivity index (χ1) is 9.97. The van der Waals surface area contributed by atoms with E-state index in [0.717, 1.165) is 0 Å². The van der Waals surface area contributed by atoms with Gasteiger partial charge in [-0.2, -0.15) is 0 Å². The number of carboxylic acid groups (broad SMARTS) is 1. The van der Waals surface area contributed by atoms with Crippen molar-refractivity contribution in [3.63, 3.8) is 0 Å². The summed E-state index contributed by atoms with van der Waals surface area (Å²) in [6, 6.07) is 3.46. The van der Waals surface area contributed by atoms with Gasteiger partial charge in [-0.3, -0.25) is 14.4 Å². The Balaban J connectivity index is 1.87. The standard InChI is InChI=1S/C14H18N2O4S/c1-9-5-10(14(19)20)8-16(7-9)12(17)6-15-13(18)11-3-2-4-21-11/h2-4,9-10H,5-8H2,1H3,(H,15,18)(H,19,20). The van der Waals surface area contributed by atoms with Crippen LogP contribution in [0.1, 0.15) is 23.0 Å². The van der Waals surface area contributed by atoms with Gasteiger partial charge in [0.15, 0.2) is 0 Å². The van der Waals surface area contributed by atoms with Crippen LogP contribution in [0.3, 0.4) is 0 Å². The SMILES string of the molecule is CC1CC(C(=O)O)CN(C(=O)CNC(=O)c2cccs2)C1. The number of aliphatic carboxylic acids is 1. The maximum atomic E-state index is 12.1. The quantitative estimate of drug-likeness (QED) is 0.870. The molecule has 2 rings (SSSR count). The lowest BCUT2D eigenvalue weighted by Crippen LogP contribution is -2.48. The molecule has 1 aromatic heterocycles. The third-order valence-electron chi connectivity index (χ3n) is 3.51. The van der Waals surface area contributed by atoms with Crippen molar-refractivity contribution < 1.29 is 19.5 Å². The van der Waals surface area contributed by atoms with Gasteiger partial charge in [0.25, 0.3) is 5.91 Å². The molecule has 0 bridgehead atoms. The first-order valence-corrected chi connectivity index (χ1v) is 7.67. The van der Waals surface area contributed by atoms with Gasteiger partial charge in [-0.25, -0.2) is 0 Å². The molecule has 21 heavy (non-hydrogen) atoms. The van der Waals surface area contributed by atoms with Gasteiger partial charge in [-0.05, 0) is 23.8 Å². The van der Waals surface area contributed by atoms with Crippen molar-refractivity contribution in [2.75, 3.05) is 19.6 Å². The topological polar surface area (TPSA) is 86.7 Å². The van der Waals surface area contributed by atoms with E-state index in [0.29, 0.717) is 17.8 Å². The van der Waals surface area contributed by atoms with Crippen LogP contribution in [0.5, 0.6) is 0 Å². The number of hydrogen-bond donors (Lipinski definition) is 2. The Morgan fingerprint density at radius 2 is 2.19 bits per heavy atom. The lowest BCUT2D eigenvalue weighted by atomic mass is 9.90. The van der Waals surface area contributed by atoms with Gasteiger partial charge in [0.1, 0.15) is 0 Å². The fourth-order valence-electron chi connectivity index (χ4n) is 2.50. The maximum Gasteiger partial charge on any atom is 0.308 e. The molecule has 0 radical (unpaired) electrons. The highest BCUT2D eigenvalue weighted by Crippen LogP contribution is 2.21. The monoisotopic (exact) mass is 310 g/mol. The second kappa shape index (κ2) is 6.71. The summed E-state index contributed by atoms with van der Waals surface area (Å²) in [5.74, 6) is -1.76. The molecule has 7 heteroatoms. The van der Waals surface area contributed by atoms with E-state index in [2.05, 4.69) is 5.32 Å². The zero-order valence-electron chi connectivity index (χ0n) is 11.7. The summed E-state index contributed by atoms with van der Waals surface area (Å²) in [5, 5.41) is 13.5. The van der Waals surface area contributed by atoms with E-state index in [-0.39, 0.29) is 30.8 Å². The van der Waals surface area contributed by atoms with Crippen LogP contribution in [-0.4, -0.2) is 47.4 Å². The minimum Gasteiger partial charge on any atom is -0.481 e. The number of nitrogens with one attached hydrogen (secondary N) is 1.